The summed E-state index contributed by atoms with van der Waals surface area (Å²) in [4.78, 5) is 27.1. The summed E-state index contributed by atoms with van der Waals surface area (Å²) in [6, 6.07) is 10.5. The van der Waals surface area contributed by atoms with Crippen LogP contribution in [-0.4, -0.2) is 45.7 Å². The van der Waals surface area contributed by atoms with Crippen LogP contribution in [0.25, 0.3) is 0 Å². The quantitative estimate of drug-likeness (QED) is 0.463. The van der Waals surface area contributed by atoms with Crippen LogP contribution in [0.4, 0.5) is 23.7 Å². The zero-order chi connectivity index (χ0) is 25.1. The minimum Gasteiger partial charge on any atom is -0.480 e. The number of carbonyl (C=O) groups excluding carboxylic acids is 1. The number of hydrogen-bond acceptors (Lipinski definition) is 4. The summed E-state index contributed by atoms with van der Waals surface area (Å²) in [7, 11) is 0. The first-order chi connectivity index (χ1) is 15.9. The Balaban J connectivity index is 1.69. The normalized spacial score (nSPS) is 15.9. The van der Waals surface area contributed by atoms with Crippen molar-refractivity contribution < 1.29 is 32.6 Å². The SMILES string of the molecule is CCN(C(=O)Nc1ccc(OC(F)(F)F)cc1)C1CCc2c(cccc2SC(C)(C)C(=O)O)C1. The van der Waals surface area contributed by atoms with Crippen molar-refractivity contribution in [1.29, 1.82) is 0 Å². The first kappa shape index (κ1) is 25.7. The van der Waals surface area contributed by atoms with Gasteiger partial charge < -0.3 is 20.1 Å². The molecule has 0 fully saturated rings. The van der Waals surface area contributed by atoms with Gasteiger partial charge in [-0.1, -0.05) is 12.1 Å². The van der Waals surface area contributed by atoms with Gasteiger partial charge >= 0.3 is 18.4 Å². The molecule has 0 bridgehead atoms. The van der Waals surface area contributed by atoms with Crippen LogP contribution in [0.2, 0.25) is 0 Å². The summed E-state index contributed by atoms with van der Waals surface area (Å²) in [6.07, 6.45) is -2.70. The minimum absolute atomic E-state index is 0.0573. The highest BCUT2D eigenvalue weighted by atomic mass is 32.2. The summed E-state index contributed by atoms with van der Waals surface area (Å²) in [6.45, 7) is 5.69. The number of carboxylic acid groups (broad SMARTS) is 1. The van der Waals surface area contributed by atoms with Crippen LogP contribution in [0.5, 0.6) is 5.75 Å². The Morgan fingerprint density at radius 2 is 1.85 bits per heavy atom. The number of anilines is 1. The van der Waals surface area contributed by atoms with Gasteiger partial charge in [0.05, 0.1) is 0 Å². The van der Waals surface area contributed by atoms with Crippen molar-refractivity contribution in [3.05, 3.63) is 53.6 Å². The number of rotatable bonds is 7. The van der Waals surface area contributed by atoms with Crippen LogP contribution in [0.1, 0.15) is 38.3 Å². The molecule has 184 valence electrons. The molecule has 1 aliphatic carbocycles. The largest absolute Gasteiger partial charge is 0.573 e. The molecular formula is C24H27F3N2O4S. The average molecular weight is 497 g/mol. The lowest BCUT2D eigenvalue weighted by Gasteiger charge is -2.35. The van der Waals surface area contributed by atoms with E-state index in [-0.39, 0.29) is 17.8 Å². The smallest absolute Gasteiger partial charge is 0.480 e. The van der Waals surface area contributed by atoms with Crippen molar-refractivity contribution in [3.8, 4) is 5.75 Å². The van der Waals surface area contributed by atoms with E-state index < -0.39 is 17.1 Å². The Kier molecular flexibility index (Phi) is 7.70. The van der Waals surface area contributed by atoms with E-state index in [9.17, 15) is 27.9 Å². The van der Waals surface area contributed by atoms with Gasteiger partial charge in [-0.25, -0.2) is 4.79 Å². The zero-order valence-corrected chi connectivity index (χ0v) is 19.9. The lowest BCUT2D eigenvalue weighted by Crippen LogP contribution is -2.45. The van der Waals surface area contributed by atoms with Crippen molar-refractivity contribution in [3.63, 3.8) is 0 Å². The maximum absolute atomic E-state index is 12.9. The van der Waals surface area contributed by atoms with Gasteiger partial charge in [-0.15, -0.1) is 24.9 Å². The second-order valence-corrected chi connectivity index (χ2v) is 10.2. The molecule has 1 atom stereocenters. The molecule has 0 radical (unpaired) electrons. The van der Waals surface area contributed by atoms with Gasteiger partial charge in [0, 0.05) is 23.2 Å². The number of carbonyl (C=O) groups is 2. The lowest BCUT2D eigenvalue weighted by molar-refractivity contribution is -0.274. The number of thioether (sulfide) groups is 1. The molecule has 0 heterocycles. The topological polar surface area (TPSA) is 78.9 Å². The fourth-order valence-corrected chi connectivity index (χ4v) is 5.08. The third kappa shape index (κ3) is 6.37. The number of ether oxygens (including phenoxy) is 1. The Bertz CT molecular complexity index is 1040. The number of alkyl halides is 3. The summed E-state index contributed by atoms with van der Waals surface area (Å²) in [5, 5.41) is 12.2. The minimum atomic E-state index is -4.78. The Morgan fingerprint density at radius 1 is 1.18 bits per heavy atom. The third-order valence-corrected chi connectivity index (χ3v) is 6.96. The summed E-state index contributed by atoms with van der Waals surface area (Å²) >= 11 is 1.32. The average Bonchev–Trinajstić information content (AvgIpc) is 2.74. The fourth-order valence-electron chi connectivity index (χ4n) is 3.94. The molecule has 34 heavy (non-hydrogen) atoms. The number of nitrogens with zero attached hydrogens (tertiary/aromatic N) is 1. The summed E-state index contributed by atoms with van der Waals surface area (Å²) < 4.78 is 39.9. The first-order valence-corrected chi connectivity index (χ1v) is 11.7. The van der Waals surface area contributed by atoms with Gasteiger partial charge in [-0.3, -0.25) is 4.79 Å². The number of urea groups is 1. The van der Waals surface area contributed by atoms with Crippen LogP contribution >= 0.6 is 11.8 Å². The van der Waals surface area contributed by atoms with E-state index in [0.29, 0.717) is 25.1 Å². The van der Waals surface area contributed by atoms with Crippen molar-refractivity contribution >= 4 is 29.4 Å². The molecule has 2 amide bonds. The molecule has 1 aliphatic rings. The fraction of sp³-hybridized carbons (Fsp3) is 0.417. The second kappa shape index (κ2) is 10.2. The van der Waals surface area contributed by atoms with Crippen molar-refractivity contribution in [2.24, 2.45) is 0 Å². The van der Waals surface area contributed by atoms with Gasteiger partial charge in [-0.2, -0.15) is 0 Å². The molecular weight excluding hydrogens is 469 g/mol. The maximum atomic E-state index is 12.9. The lowest BCUT2D eigenvalue weighted by atomic mass is 9.87. The van der Waals surface area contributed by atoms with Gasteiger partial charge in [0.1, 0.15) is 10.5 Å². The molecule has 1 unspecified atom stereocenters. The Labute approximate surface area is 200 Å². The molecule has 2 aromatic carbocycles. The Hall–Kier alpha value is -2.88. The number of halogens is 3. The molecule has 0 saturated carbocycles. The number of carboxylic acids is 1. The van der Waals surface area contributed by atoms with Crippen LogP contribution in [-0.2, 0) is 17.6 Å². The summed E-state index contributed by atoms with van der Waals surface area (Å²) in [5.74, 6) is -1.24. The van der Waals surface area contributed by atoms with E-state index in [1.165, 1.54) is 23.9 Å². The number of likely N-dealkylation sites (N-methyl/N-ethyl adjacent to an activating group) is 1. The number of hydrogen-bond donors (Lipinski definition) is 2. The molecule has 2 N–H and O–H groups in total. The van der Waals surface area contributed by atoms with Crippen LogP contribution in [0.3, 0.4) is 0 Å². The molecule has 0 aliphatic heterocycles. The Morgan fingerprint density at radius 3 is 2.44 bits per heavy atom. The molecule has 2 aromatic rings. The van der Waals surface area contributed by atoms with Gasteiger partial charge in [-0.05, 0) is 81.5 Å². The van der Waals surface area contributed by atoms with Gasteiger partial charge in [0.2, 0.25) is 0 Å². The molecule has 0 saturated heterocycles. The molecule has 0 aromatic heterocycles. The summed E-state index contributed by atoms with van der Waals surface area (Å²) in [5.41, 5.74) is 2.57. The highest BCUT2D eigenvalue weighted by Crippen LogP contribution is 2.39. The second-order valence-electron chi connectivity index (χ2n) is 8.50. The number of aliphatic carboxylic acids is 1. The monoisotopic (exact) mass is 496 g/mol. The highest BCUT2D eigenvalue weighted by molar-refractivity contribution is 8.01. The number of amides is 2. The molecule has 10 heteroatoms. The van der Waals surface area contributed by atoms with Crippen molar-refractivity contribution in [1.82, 2.24) is 4.90 Å². The van der Waals surface area contributed by atoms with E-state index in [4.69, 9.17) is 0 Å². The van der Waals surface area contributed by atoms with E-state index >= 15 is 0 Å². The molecule has 0 spiro atoms. The van der Waals surface area contributed by atoms with Crippen LogP contribution in [0.15, 0.2) is 47.4 Å². The van der Waals surface area contributed by atoms with Crippen molar-refractivity contribution in [2.45, 2.75) is 62.1 Å². The maximum Gasteiger partial charge on any atom is 0.573 e. The van der Waals surface area contributed by atoms with E-state index in [1.807, 2.05) is 25.1 Å². The highest BCUT2D eigenvalue weighted by Gasteiger charge is 2.33. The predicted octanol–water partition coefficient (Wildman–Crippen LogP) is 5.95. The zero-order valence-electron chi connectivity index (χ0n) is 19.1. The number of nitrogens with one attached hydrogen (secondary N) is 1. The third-order valence-electron chi connectivity index (χ3n) is 5.67. The standard InChI is InChI=1S/C24H27F3N2O4S/c1-4-29(22(32)28-16-8-11-18(12-9-16)33-24(25,26)27)17-10-13-19-15(14-17)6-5-7-20(19)34-23(2,3)21(30)31/h5-9,11-12,17H,4,10,13-14H2,1-3H3,(H,28,32)(H,30,31). The number of fused-ring (bicyclic) bond motifs is 1. The predicted molar refractivity (Wildman–Crippen MR) is 124 cm³/mol. The van der Waals surface area contributed by atoms with E-state index in [1.54, 1.807) is 18.7 Å². The molecule has 3 rings (SSSR count). The van der Waals surface area contributed by atoms with E-state index in [0.717, 1.165) is 34.6 Å². The first-order valence-electron chi connectivity index (χ1n) is 10.9. The van der Waals surface area contributed by atoms with Crippen LogP contribution in [0, 0.1) is 0 Å². The molecule has 6 nitrogen and oxygen atoms in total. The van der Waals surface area contributed by atoms with E-state index in [2.05, 4.69) is 10.1 Å². The van der Waals surface area contributed by atoms with Crippen LogP contribution < -0.4 is 10.1 Å². The number of benzene rings is 2. The van der Waals surface area contributed by atoms with Crippen molar-refractivity contribution in [2.75, 3.05) is 11.9 Å². The van der Waals surface area contributed by atoms with Gasteiger partial charge in [0.25, 0.3) is 0 Å². The van der Waals surface area contributed by atoms with Gasteiger partial charge in [0.15, 0.2) is 0 Å².